The average Bonchev–Trinajstić information content (AvgIpc) is 3.07. The Hall–Kier alpha value is -2.79. The van der Waals surface area contributed by atoms with Gasteiger partial charge < -0.3 is 10.0 Å². The minimum Gasteiger partial charge on any atom is -0.391 e. The fraction of sp³-hybridized carbons (Fsp3) is 0.423. The summed E-state index contributed by atoms with van der Waals surface area (Å²) >= 11 is 0. The van der Waals surface area contributed by atoms with E-state index in [0.29, 0.717) is 6.54 Å². The molecular weight excluding hydrogens is 386 g/mol. The zero-order chi connectivity index (χ0) is 21.7. The molecule has 0 saturated heterocycles. The number of fused-ring (bicyclic) bond motifs is 1. The van der Waals surface area contributed by atoms with Crippen LogP contribution in [0, 0.1) is 13.8 Å². The minimum absolute atomic E-state index is 0.0507. The van der Waals surface area contributed by atoms with E-state index >= 15 is 0 Å². The van der Waals surface area contributed by atoms with Gasteiger partial charge >= 0.3 is 0 Å². The molecule has 0 spiro atoms. The van der Waals surface area contributed by atoms with Gasteiger partial charge in [0.1, 0.15) is 12.6 Å². The van der Waals surface area contributed by atoms with E-state index in [2.05, 4.69) is 49.4 Å². The minimum atomic E-state index is -0.403. The molecule has 1 aromatic heterocycles. The topological polar surface area (TPSA) is 56.4 Å². The number of pyridine rings is 1. The van der Waals surface area contributed by atoms with Gasteiger partial charge in [-0.05, 0) is 73.1 Å². The van der Waals surface area contributed by atoms with E-state index in [0.717, 1.165) is 60.1 Å². The van der Waals surface area contributed by atoms with E-state index in [1.165, 1.54) is 16.7 Å². The Bertz CT molecular complexity index is 1110. The molecule has 3 aliphatic rings. The van der Waals surface area contributed by atoms with Crippen LogP contribution in [0.3, 0.4) is 0 Å². The molecule has 1 aliphatic carbocycles. The van der Waals surface area contributed by atoms with Gasteiger partial charge in [0.15, 0.2) is 12.4 Å². The molecule has 1 N–H and O–H groups in total. The molecule has 5 heteroatoms. The van der Waals surface area contributed by atoms with Gasteiger partial charge in [-0.15, -0.1) is 0 Å². The maximum atomic E-state index is 13.3. The maximum Gasteiger partial charge on any atom is 0.254 e. The molecule has 1 saturated carbocycles. The molecule has 5 rings (SSSR count). The third-order valence-corrected chi connectivity index (χ3v) is 7.26. The van der Waals surface area contributed by atoms with Crippen molar-refractivity contribution in [2.75, 3.05) is 7.05 Å². The zero-order valence-electron chi connectivity index (χ0n) is 18.6. The lowest BCUT2D eigenvalue weighted by Gasteiger charge is -2.35. The highest BCUT2D eigenvalue weighted by Crippen LogP contribution is 2.35. The lowest BCUT2D eigenvalue weighted by atomic mass is 9.91. The van der Waals surface area contributed by atoms with E-state index in [4.69, 9.17) is 0 Å². The summed E-state index contributed by atoms with van der Waals surface area (Å²) in [6, 6.07) is 6.23. The molecule has 0 radical (unpaired) electrons. The Labute approximate surface area is 183 Å². The monoisotopic (exact) mass is 416 g/mol. The second-order valence-corrected chi connectivity index (χ2v) is 9.27. The van der Waals surface area contributed by atoms with E-state index in [-0.39, 0.29) is 11.9 Å². The summed E-state index contributed by atoms with van der Waals surface area (Å²) in [6.07, 6.45) is 10.3. The number of aliphatic hydroxyl groups excluding tert-OH is 1. The summed E-state index contributed by atoms with van der Waals surface area (Å²) in [5.41, 5.74) is 8.86. The highest BCUT2D eigenvalue weighted by atomic mass is 16.3. The molecule has 0 bridgehead atoms. The summed E-state index contributed by atoms with van der Waals surface area (Å²) in [5.74, 6) is 0.0790. The average molecular weight is 417 g/mol. The SMILES string of the molecule is Cc1c(Cc2ccc(C3=C[N+](C)=C3)nc2)cc2c(c1C)CN(C1CCCCC1O)C2=O. The van der Waals surface area contributed by atoms with Crippen LogP contribution in [0.4, 0.5) is 0 Å². The van der Waals surface area contributed by atoms with E-state index in [1.807, 2.05) is 22.7 Å². The molecule has 2 aliphatic heterocycles. The van der Waals surface area contributed by atoms with Gasteiger partial charge in [-0.2, -0.15) is 0 Å². The number of aliphatic hydroxyl groups is 1. The predicted octanol–water partition coefficient (Wildman–Crippen LogP) is 3.62. The van der Waals surface area contributed by atoms with E-state index in [9.17, 15) is 9.90 Å². The largest absolute Gasteiger partial charge is 0.391 e. The summed E-state index contributed by atoms with van der Waals surface area (Å²) in [6.45, 7) is 4.90. The standard InChI is InChI=1S/C26H30N3O2/c1-16-17(2)22-15-29(24-6-4-5-7-25(24)30)26(31)21(22)11-19(16)10-18-8-9-23(27-12-18)20-13-28(3)14-20/h8-9,11-14,24-25,30H,4-7,10,15H2,1-3H3/q+1. The Morgan fingerprint density at radius 3 is 2.65 bits per heavy atom. The van der Waals surface area contributed by atoms with Gasteiger partial charge in [0.25, 0.3) is 5.91 Å². The van der Waals surface area contributed by atoms with Gasteiger partial charge in [-0.25, -0.2) is 4.58 Å². The van der Waals surface area contributed by atoms with Crippen molar-refractivity contribution in [1.82, 2.24) is 9.88 Å². The molecule has 2 atom stereocenters. The molecule has 1 aromatic carbocycles. The first-order chi connectivity index (χ1) is 14.9. The fourth-order valence-electron chi connectivity index (χ4n) is 5.22. The molecule has 3 heterocycles. The van der Waals surface area contributed by atoms with Gasteiger partial charge in [0.2, 0.25) is 0 Å². The molecular formula is C26H30N3O2+. The van der Waals surface area contributed by atoms with Crippen LogP contribution in [0.5, 0.6) is 0 Å². The number of benzene rings is 1. The zero-order valence-corrected chi connectivity index (χ0v) is 18.6. The quantitative estimate of drug-likeness (QED) is 0.775. The number of hydrogen-bond acceptors (Lipinski definition) is 3. The van der Waals surface area contributed by atoms with Crippen LogP contribution in [-0.4, -0.2) is 50.9 Å². The highest BCUT2D eigenvalue weighted by Gasteiger charge is 2.38. The fourth-order valence-corrected chi connectivity index (χ4v) is 5.22. The summed E-state index contributed by atoms with van der Waals surface area (Å²) < 4.78 is 2.02. The first kappa shape index (κ1) is 20.1. The summed E-state index contributed by atoms with van der Waals surface area (Å²) in [5, 5.41) is 10.5. The molecule has 5 nitrogen and oxygen atoms in total. The van der Waals surface area contributed by atoms with Crippen molar-refractivity contribution >= 4 is 17.7 Å². The second kappa shape index (κ2) is 7.72. The van der Waals surface area contributed by atoms with Crippen molar-refractivity contribution in [3.05, 3.63) is 69.7 Å². The van der Waals surface area contributed by atoms with E-state index < -0.39 is 6.10 Å². The number of allylic oxidation sites excluding steroid dienone is 1. The highest BCUT2D eigenvalue weighted by molar-refractivity contribution is 6.09. The third kappa shape index (κ3) is 3.51. The summed E-state index contributed by atoms with van der Waals surface area (Å²) in [4.78, 5) is 19.8. The van der Waals surface area contributed by atoms with Crippen LogP contribution in [-0.2, 0) is 13.0 Å². The molecule has 1 fully saturated rings. The van der Waals surface area contributed by atoms with Crippen molar-refractivity contribution in [1.29, 1.82) is 0 Å². The molecule has 1 amide bonds. The van der Waals surface area contributed by atoms with Crippen molar-refractivity contribution in [3.8, 4) is 0 Å². The van der Waals surface area contributed by atoms with Gasteiger partial charge in [-0.1, -0.05) is 18.9 Å². The normalized spacial score (nSPS) is 22.7. The molecule has 160 valence electrons. The van der Waals surface area contributed by atoms with Crippen molar-refractivity contribution < 1.29 is 14.5 Å². The third-order valence-electron chi connectivity index (χ3n) is 7.26. The van der Waals surface area contributed by atoms with E-state index in [1.54, 1.807) is 0 Å². The Balaban J connectivity index is 1.39. The number of aromatic nitrogens is 1. The lowest BCUT2D eigenvalue weighted by Crippen LogP contribution is -2.45. The smallest absolute Gasteiger partial charge is 0.254 e. The summed E-state index contributed by atoms with van der Waals surface area (Å²) in [7, 11) is 2.01. The second-order valence-electron chi connectivity index (χ2n) is 9.27. The maximum absolute atomic E-state index is 13.3. The van der Waals surface area contributed by atoms with Crippen LogP contribution in [0.25, 0.3) is 5.57 Å². The number of rotatable bonds is 4. The van der Waals surface area contributed by atoms with Crippen LogP contribution >= 0.6 is 0 Å². The number of nitrogens with zero attached hydrogens (tertiary/aromatic N) is 3. The Morgan fingerprint density at radius 1 is 1.19 bits per heavy atom. The lowest BCUT2D eigenvalue weighted by molar-refractivity contribution is -0.423. The Morgan fingerprint density at radius 2 is 1.97 bits per heavy atom. The molecule has 2 aromatic rings. The molecule has 2 unspecified atom stereocenters. The van der Waals surface area contributed by atoms with Crippen LogP contribution in [0.15, 0.2) is 30.6 Å². The van der Waals surface area contributed by atoms with Gasteiger partial charge in [0, 0.05) is 18.3 Å². The number of hydrogen-bond donors (Lipinski definition) is 1. The number of carbonyl (C=O) groups is 1. The van der Waals surface area contributed by atoms with Crippen LogP contribution in [0.1, 0.15) is 69.6 Å². The number of carbonyl (C=O) groups excluding carboxylic acids is 1. The van der Waals surface area contributed by atoms with Crippen LogP contribution in [0.2, 0.25) is 0 Å². The molecule has 31 heavy (non-hydrogen) atoms. The predicted molar refractivity (Wildman–Crippen MR) is 121 cm³/mol. The van der Waals surface area contributed by atoms with Crippen LogP contribution < -0.4 is 0 Å². The van der Waals surface area contributed by atoms with Crippen molar-refractivity contribution in [2.45, 2.75) is 64.6 Å². The first-order valence-electron chi connectivity index (χ1n) is 11.3. The number of amides is 1. The van der Waals surface area contributed by atoms with Crippen molar-refractivity contribution in [2.24, 2.45) is 0 Å². The van der Waals surface area contributed by atoms with Crippen molar-refractivity contribution in [3.63, 3.8) is 0 Å². The Kier molecular flexibility index (Phi) is 5.01. The van der Waals surface area contributed by atoms with Gasteiger partial charge in [0.05, 0.1) is 17.8 Å². The van der Waals surface area contributed by atoms with Gasteiger partial charge in [-0.3, -0.25) is 9.78 Å². The first-order valence-corrected chi connectivity index (χ1v) is 11.3.